The first-order valence-electron chi connectivity index (χ1n) is 12.2. The number of fused-ring (bicyclic) bond motifs is 1. The van der Waals surface area contributed by atoms with Crippen LogP contribution in [0.25, 0.3) is 0 Å². The van der Waals surface area contributed by atoms with Crippen LogP contribution in [0.2, 0.25) is 0 Å². The molecule has 2 fully saturated rings. The zero-order valence-corrected chi connectivity index (χ0v) is 22.9. The van der Waals surface area contributed by atoms with E-state index in [-0.39, 0.29) is 49.2 Å². The molecular formula is C23H31N5O9S2. The number of hydrogen-bond acceptors (Lipinski definition) is 10. The van der Waals surface area contributed by atoms with Gasteiger partial charge in [-0.1, -0.05) is 19.1 Å². The lowest BCUT2D eigenvalue weighted by Crippen LogP contribution is -2.66. The van der Waals surface area contributed by atoms with Gasteiger partial charge in [0.2, 0.25) is 5.91 Å². The lowest BCUT2D eigenvalue weighted by Gasteiger charge is -2.51. The number of aliphatic hydroxyl groups is 2. The molecule has 1 unspecified atom stereocenters. The molecule has 0 aromatic heterocycles. The van der Waals surface area contributed by atoms with E-state index in [1.807, 2.05) is 0 Å². The van der Waals surface area contributed by atoms with Crippen LogP contribution in [0, 0.1) is 21.4 Å². The minimum atomic E-state index is -3.88. The fourth-order valence-corrected chi connectivity index (χ4v) is 8.50. The minimum Gasteiger partial charge on any atom is -0.477 e. The number of nitrogens with one attached hydrogen (secondary N) is 1. The van der Waals surface area contributed by atoms with Gasteiger partial charge in [-0.3, -0.25) is 14.9 Å². The van der Waals surface area contributed by atoms with Crippen molar-refractivity contribution in [2.75, 3.05) is 26.2 Å². The lowest BCUT2D eigenvalue weighted by atomic mass is 9.67. The fraction of sp³-hybridized carbons (Fsp3) is 0.565. The van der Waals surface area contributed by atoms with E-state index in [2.05, 4.69) is 4.72 Å². The van der Waals surface area contributed by atoms with Gasteiger partial charge in [-0.15, -0.1) is 11.8 Å². The number of β-lactam (4-membered cyclic amide) rings is 1. The Hall–Kier alpha value is -2.60. The molecule has 0 saturated carbocycles. The van der Waals surface area contributed by atoms with Crippen LogP contribution in [0.5, 0.6) is 0 Å². The molecule has 0 radical (unpaired) electrons. The molecule has 0 spiro atoms. The number of benzene rings is 1. The van der Waals surface area contributed by atoms with Gasteiger partial charge in [-0.05, 0) is 18.9 Å². The third-order valence-corrected chi connectivity index (χ3v) is 10.5. The van der Waals surface area contributed by atoms with Gasteiger partial charge in [0.15, 0.2) is 0 Å². The Balaban J connectivity index is 1.61. The van der Waals surface area contributed by atoms with Crippen LogP contribution in [-0.2, 0) is 26.2 Å². The van der Waals surface area contributed by atoms with E-state index in [0.717, 1.165) is 4.31 Å². The molecule has 39 heavy (non-hydrogen) atoms. The number of rotatable bonds is 12. The normalized spacial score (nSPS) is 27.1. The van der Waals surface area contributed by atoms with Gasteiger partial charge in [0.1, 0.15) is 5.70 Å². The Morgan fingerprint density at radius 3 is 2.44 bits per heavy atom. The zero-order chi connectivity index (χ0) is 28.9. The zero-order valence-electron chi connectivity index (χ0n) is 21.3. The first-order chi connectivity index (χ1) is 18.2. The van der Waals surface area contributed by atoms with Crippen molar-refractivity contribution in [3.63, 3.8) is 0 Å². The summed E-state index contributed by atoms with van der Waals surface area (Å²) in [6, 6.07) is 5.19. The van der Waals surface area contributed by atoms with E-state index < -0.39 is 56.6 Å². The summed E-state index contributed by atoms with van der Waals surface area (Å²) in [6.07, 6.45) is -1.83. The molecule has 0 aliphatic carbocycles. The van der Waals surface area contributed by atoms with Gasteiger partial charge < -0.3 is 26.0 Å². The van der Waals surface area contributed by atoms with Gasteiger partial charge >= 0.3 is 5.97 Å². The number of nitrogens with two attached hydrogens (primary N) is 1. The van der Waals surface area contributed by atoms with E-state index in [1.54, 1.807) is 19.1 Å². The predicted octanol–water partition coefficient (Wildman–Crippen LogP) is -0.767. The Kier molecular flexibility index (Phi) is 8.11. The maximum atomic E-state index is 13.0. The molecule has 1 aromatic rings. The van der Waals surface area contributed by atoms with Crippen LogP contribution < -0.4 is 10.5 Å². The first kappa shape index (κ1) is 29.4. The molecule has 3 heterocycles. The molecule has 2 saturated heterocycles. The number of aliphatic carboxylic acids is 1. The van der Waals surface area contributed by atoms with Crippen LogP contribution in [0.4, 0.5) is 5.69 Å². The third kappa shape index (κ3) is 5.29. The van der Waals surface area contributed by atoms with Gasteiger partial charge in [0.05, 0.1) is 29.1 Å². The summed E-state index contributed by atoms with van der Waals surface area (Å²) in [6.45, 7) is 3.07. The molecule has 0 bridgehead atoms. The van der Waals surface area contributed by atoms with E-state index in [0.29, 0.717) is 10.5 Å². The van der Waals surface area contributed by atoms with E-state index in [9.17, 15) is 43.4 Å². The van der Waals surface area contributed by atoms with Gasteiger partial charge in [0, 0.05) is 53.9 Å². The maximum Gasteiger partial charge on any atom is 0.353 e. The fourth-order valence-electron chi connectivity index (χ4n) is 5.38. The standard InChI is InChI=1S/C23H31N5O9S2/c1-12(29)17-19-23(2,7-13-3-5-14(6-4-13)28(34)35)20(18(22(32)33)27(19)21(17)31)38-16-10-26(11-16)39(36,37)25-9-15(30)8-24/h3-6,12,15-17,19,25,29-30H,7-11,24H2,1-2H3,(H,32,33)/t12-,15?,17-,19+,23-/m1/s1. The van der Waals surface area contributed by atoms with Crippen LogP contribution in [0.1, 0.15) is 19.4 Å². The molecule has 5 atom stereocenters. The molecule has 1 aromatic carbocycles. The quantitative estimate of drug-likeness (QED) is 0.117. The number of nitro groups is 1. The highest BCUT2D eigenvalue weighted by molar-refractivity contribution is 8.04. The second-order valence-electron chi connectivity index (χ2n) is 10.2. The molecule has 3 aliphatic rings. The van der Waals surface area contributed by atoms with Crippen LogP contribution >= 0.6 is 11.8 Å². The van der Waals surface area contributed by atoms with Gasteiger partial charge in [0.25, 0.3) is 15.9 Å². The number of carboxylic acid groups (broad SMARTS) is 1. The average Bonchev–Trinajstić information content (AvgIpc) is 3.04. The summed E-state index contributed by atoms with van der Waals surface area (Å²) in [5.41, 5.74) is 4.73. The lowest BCUT2D eigenvalue weighted by molar-refractivity contribution is -0.384. The highest BCUT2D eigenvalue weighted by Gasteiger charge is 2.66. The molecule has 6 N–H and O–H groups in total. The highest BCUT2D eigenvalue weighted by atomic mass is 32.2. The number of aliphatic hydroxyl groups excluding tert-OH is 2. The summed E-state index contributed by atoms with van der Waals surface area (Å²) in [5.74, 6) is -2.65. The van der Waals surface area contributed by atoms with Crippen molar-refractivity contribution in [2.45, 2.75) is 43.8 Å². The molecular weight excluding hydrogens is 554 g/mol. The maximum absolute atomic E-state index is 13.0. The number of amides is 1. The summed E-state index contributed by atoms with van der Waals surface area (Å²) < 4.78 is 28.5. The van der Waals surface area contributed by atoms with Crippen molar-refractivity contribution < 1.29 is 38.2 Å². The monoisotopic (exact) mass is 585 g/mol. The van der Waals surface area contributed by atoms with Crippen molar-refractivity contribution in [3.8, 4) is 0 Å². The minimum absolute atomic E-state index is 0.0706. The number of carboxylic acids is 1. The molecule has 1 amide bonds. The second kappa shape index (κ2) is 10.8. The van der Waals surface area contributed by atoms with Crippen LogP contribution in [-0.4, -0.2) is 99.4 Å². The van der Waals surface area contributed by atoms with Crippen molar-refractivity contribution >= 4 is 39.5 Å². The SMILES string of the molecule is C[C@@H](O)[C@H]1C(=O)N2C(C(=O)O)=C(SC3CN(S(=O)(=O)NCC(O)CN)C3)[C@](C)(Cc3ccc([N+](=O)[O-])cc3)[C@H]12. The topological polar surface area (TPSA) is 217 Å². The van der Waals surface area contributed by atoms with E-state index >= 15 is 0 Å². The Labute approximate surface area is 229 Å². The van der Waals surface area contributed by atoms with Crippen molar-refractivity contribution in [1.29, 1.82) is 0 Å². The Morgan fingerprint density at radius 2 is 1.92 bits per heavy atom. The van der Waals surface area contributed by atoms with E-state index in [4.69, 9.17) is 5.73 Å². The molecule has 3 aliphatic heterocycles. The number of hydrogen-bond donors (Lipinski definition) is 5. The van der Waals surface area contributed by atoms with E-state index in [1.165, 1.54) is 35.7 Å². The Morgan fingerprint density at radius 1 is 1.31 bits per heavy atom. The Bertz CT molecular complexity index is 1300. The molecule has 16 heteroatoms. The average molecular weight is 586 g/mol. The van der Waals surface area contributed by atoms with Crippen molar-refractivity contribution in [3.05, 3.63) is 50.5 Å². The number of thioether (sulfide) groups is 1. The highest BCUT2D eigenvalue weighted by Crippen LogP contribution is 2.59. The summed E-state index contributed by atoms with van der Waals surface area (Å²) in [4.78, 5) is 37.5. The number of nitrogens with zero attached hydrogens (tertiary/aromatic N) is 3. The number of nitro benzene ring substituents is 1. The molecule has 4 rings (SSSR count). The van der Waals surface area contributed by atoms with Crippen molar-refractivity contribution in [1.82, 2.24) is 13.9 Å². The molecule has 14 nitrogen and oxygen atoms in total. The smallest absolute Gasteiger partial charge is 0.353 e. The number of carbonyl (C=O) groups is 2. The number of non-ortho nitro benzene ring substituents is 1. The first-order valence-corrected chi connectivity index (χ1v) is 14.5. The van der Waals surface area contributed by atoms with Crippen molar-refractivity contribution in [2.24, 2.45) is 17.1 Å². The summed E-state index contributed by atoms with van der Waals surface area (Å²) in [5, 5.41) is 40.8. The summed E-state index contributed by atoms with van der Waals surface area (Å²) >= 11 is 1.19. The second-order valence-corrected chi connectivity index (χ2v) is 13.3. The van der Waals surface area contributed by atoms with Gasteiger partial charge in [-0.25, -0.2) is 4.79 Å². The summed E-state index contributed by atoms with van der Waals surface area (Å²) in [7, 11) is -3.88. The largest absolute Gasteiger partial charge is 0.477 e. The molecule has 214 valence electrons. The number of carbonyl (C=O) groups excluding carboxylic acids is 1. The third-order valence-electron chi connectivity index (χ3n) is 7.42. The van der Waals surface area contributed by atoms with Crippen LogP contribution in [0.15, 0.2) is 34.9 Å². The van der Waals surface area contributed by atoms with Gasteiger partial charge in [-0.2, -0.15) is 17.4 Å². The van der Waals surface area contributed by atoms with Crippen LogP contribution in [0.3, 0.4) is 0 Å². The predicted molar refractivity (Wildman–Crippen MR) is 140 cm³/mol.